The van der Waals surface area contributed by atoms with Gasteiger partial charge in [0.2, 0.25) is 11.8 Å². The van der Waals surface area contributed by atoms with E-state index in [1.165, 1.54) is 16.0 Å². The van der Waals surface area contributed by atoms with Crippen LogP contribution in [0, 0.1) is 6.92 Å². The first kappa shape index (κ1) is 15.2. The Kier molecular flexibility index (Phi) is 4.30. The Morgan fingerprint density at radius 3 is 2.32 bits per heavy atom. The highest BCUT2D eigenvalue weighted by atomic mass is 16.2. The number of rotatable bonds is 4. The zero-order chi connectivity index (χ0) is 15.7. The summed E-state index contributed by atoms with van der Waals surface area (Å²) in [6, 6.07) is 9.29. The van der Waals surface area contributed by atoms with E-state index in [4.69, 9.17) is 0 Å². The fourth-order valence-electron chi connectivity index (χ4n) is 3.59. The van der Waals surface area contributed by atoms with Crippen LogP contribution in [0.15, 0.2) is 24.3 Å². The lowest BCUT2D eigenvalue weighted by Gasteiger charge is -2.23. The predicted octanol–water partition coefficient (Wildman–Crippen LogP) is 2.32. The Hall–Kier alpha value is -1.68. The zero-order valence-electron chi connectivity index (χ0n) is 13.4. The number of hydrogen-bond donors (Lipinski definition) is 0. The van der Waals surface area contributed by atoms with Crippen LogP contribution in [0.3, 0.4) is 0 Å². The summed E-state index contributed by atoms with van der Waals surface area (Å²) in [7, 11) is 0. The van der Waals surface area contributed by atoms with Gasteiger partial charge in [0.15, 0.2) is 0 Å². The van der Waals surface area contributed by atoms with Gasteiger partial charge in [-0.2, -0.15) is 0 Å². The molecule has 1 aromatic rings. The number of carbonyl (C=O) groups is 2. The molecule has 2 heterocycles. The van der Waals surface area contributed by atoms with Crippen molar-refractivity contribution in [2.75, 3.05) is 19.6 Å². The summed E-state index contributed by atoms with van der Waals surface area (Å²) in [5.74, 6) is 0.541. The Morgan fingerprint density at radius 2 is 1.68 bits per heavy atom. The van der Waals surface area contributed by atoms with Gasteiger partial charge in [-0.1, -0.05) is 29.8 Å². The van der Waals surface area contributed by atoms with Crippen LogP contribution >= 0.6 is 0 Å². The Bertz CT molecular complexity index is 551. The van der Waals surface area contributed by atoms with Gasteiger partial charge in [-0.05, 0) is 31.7 Å². The first-order valence-corrected chi connectivity index (χ1v) is 8.18. The second-order valence-electron chi connectivity index (χ2n) is 6.63. The van der Waals surface area contributed by atoms with E-state index >= 15 is 0 Å². The van der Waals surface area contributed by atoms with E-state index in [-0.39, 0.29) is 11.8 Å². The molecule has 2 aliphatic rings. The van der Waals surface area contributed by atoms with Crippen LogP contribution in [0.2, 0.25) is 0 Å². The van der Waals surface area contributed by atoms with E-state index in [0.717, 1.165) is 19.5 Å². The number of likely N-dealkylation sites (tertiary alicyclic amines) is 2. The summed E-state index contributed by atoms with van der Waals surface area (Å²) in [5.41, 5.74) is 2.69. The van der Waals surface area contributed by atoms with Gasteiger partial charge in [0, 0.05) is 38.5 Å². The molecule has 4 heteroatoms. The van der Waals surface area contributed by atoms with Crippen molar-refractivity contribution in [2.24, 2.45) is 0 Å². The Balaban J connectivity index is 1.58. The molecule has 0 aliphatic carbocycles. The van der Waals surface area contributed by atoms with Crippen molar-refractivity contribution in [1.29, 1.82) is 0 Å². The minimum absolute atomic E-state index is 0.00747. The van der Waals surface area contributed by atoms with Crippen LogP contribution in [-0.4, -0.2) is 47.3 Å². The molecule has 2 fully saturated rings. The van der Waals surface area contributed by atoms with Crippen molar-refractivity contribution in [1.82, 2.24) is 9.80 Å². The first-order chi connectivity index (χ1) is 10.5. The maximum absolute atomic E-state index is 11.7. The molecule has 0 unspecified atom stereocenters. The molecule has 1 aromatic carbocycles. The molecule has 0 N–H and O–H groups in total. The summed E-state index contributed by atoms with van der Waals surface area (Å²) in [6.45, 7) is 6.70. The second kappa shape index (κ2) is 6.21. The summed E-state index contributed by atoms with van der Waals surface area (Å²) in [5, 5.41) is 0. The topological polar surface area (TPSA) is 40.6 Å². The first-order valence-electron chi connectivity index (χ1n) is 8.18. The molecule has 2 saturated heterocycles. The largest absolute Gasteiger partial charge is 0.298 e. The highest BCUT2D eigenvalue weighted by Crippen LogP contribution is 2.31. The van der Waals surface area contributed by atoms with E-state index in [0.29, 0.717) is 31.3 Å². The maximum Gasteiger partial charge on any atom is 0.229 e. The number of carbonyl (C=O) groups excluding carboxylic acids is 2. The van der Waals surface area contributed by atoms with E-state index in [1.807, 2.05) is 0 Å². The fraction of sp³-hybridized carbons (Fsp3) is 0.556. The van der Waals surface area contributed by atoms with Crippen LogP contribution in [-0.2, 0) is 9.59 Å². The third-order valence-corrected chi connectivity index (χ3v) is 5.02. The van der Waals surface area contributed by atoms with Crippen LogP contribution in [0.5, 0.6) is 0 Å². The molecule has 22 heavy (non-hydrogen) atoms. The maximum atomic E-state index is 11.7. The van der Waals surface area contributed by atoms with Crippen LogP contribution in [0.1, 0.15) is 43.2 Å². The SMILES string of the molecule is Cc1ccc([C@@H]2C[C@@H](C)N(CCN3C(=O)CCC3=O)C2)cc1. The van der Waals surface area contributed by atoms with E-state index in [9.17, 15) is 9.59 Å². The normalized spacial score (nSPS) is 26.2. The van der Waals surface area contributed by atoms with E-state index in [1.54, 1.807) is 0 Å². The molecular weight excluding hydrogens is 276 g/mol. The van der Waals surface area contributed by atoms with Crippen LogP contribution in [0.25, 0.3) is 0 Å². The lowest BCUT2D eigenvalue weighted by Crippen LogP contribution is -2.39. The van der Waals surface area contributed by atoms with Gasteiger partial charge < -0.3 is 0 Å². The smallest absolute Gasteiger partial charge is 0.229 e. The third-order valence-electron chi connectivity index (χ3n) is 5.02. The number of hydrogen-bond acceptors (Lipinski definition) is 3. The highest BCUT2D eigenvalue weighted by Gasteiger charge is 2.33. The van der Waals surface area contributed by atoms with Crippen molar-refractivity contribution in [3.05, 3.63) is 35.4 Å². The number of imide groups is 1. The van der Waals surface area contributed by atoms with Gasteiger partial charge in [-0.3, -0.25) is 19.4 Å². The molecule has 4 nitrogen and oxygen atoms in total. The summed E-state index contributed by atoms with van der Waals surface area (Å²) in [6.07, 6.45) is 1.92. The van der Waals surface area contributed by atoms with Crippen molar-refractivity contribution < 1.29 is 9.59 Å². The van der Waals surface area contributed by atoms with Gasteiger partial charge in [0.1, 0.15) is 0 Å². The molecule has 0 aromatic heterocycles. The van der Waals surface area contributed by atoms with E-state index < -0.39 is 0 Å². The summed E-state index contributed by atoms with van der Waals surface area (Å²) in [4.78, 5) is 27.2. The zero-order valence-corrected chi connectivity index (χ0v) is 13.4. The van der Waals surface area contributed by atoms with Gasteiger partial charge in [0.05, 0.1) is 0 Å². The molecule has 3 rings (SSSR count). The summed E-state index contributed by atoms with van der Waals surface area (Å²) >= 11 is 0. The lowest BCUT2D eigenvalue weighted by atomic mass is 9.96. The Labute approximate surface area is 132 Å². The monoisotopic (exact) mass is 300 g/mol. The second-order valence-corrected chi connectivity index (χ2v) is 6.63. The number of benzene rings is 1. The standard InChI is InChI=1S/C18H24N2O2/c1-13-3-5-15(6-4-13)16-11-14(2)19(12-16)9-10-20-17(21)7-8-18(20)22/h3-6,14,16H,7-12H2,1-2H3/t14-,16-/m1/s1. The average Bonchev–Trinajstić information content (AvgIpc) is 3.01. The molecule has 0 spiro atoms. The summed E-state index contributed by atoms with van der Waals surface area (Å²) < 4.78 is 0. The predicted molar refractivity (Wildman–Crippen MR) is 85.5 cm³/mol. The average molecular weight is 300 g/mol. The van der Waals surface area contributed by atoms with Crippen molar-refractivity contribution in [3.8, 4) is 0 Å². The molecule has 0 saturated carbocycles. The molecule has 2 atom stereocenters. The number of amides is 2. The quantitative estimate of drug-likeness (QED) is 0.801. The molecule has 118 valence electrons. The van der Waals surface area contributed by atoms with Crippen LogP contribution in [0.4, 0.5) is 0 Å². The number of nitrogens with zero attached hydrogens (tertiary/aromatic N) is 2. The van der Waals surface area contributed by atoms with Gasteiger partial charge in [0.25, 0.3) is 0 Å². The fourth-order valence-corrected chi connectivity index (χ4v) is 3.59. The Morgan fingerprint density at radius 1 is 1.05 bits per heavy atom. The number of aryl methyl sites for hydroxylation is 1. The van der Waals surface area contributed by atoms with E-state index in [2.05, 4.69) is 43.0 Å². The van der Waals surface area contributed by atoms with Gasteiger partial charge in [-0.15, -0.1) is 0 Å². The molecule has 0 bridgehead atoms. The molecule has 2 aliphatic heterocycles. The van der Waals surface area contributed by atoms with Crippen molar-refractivity contribution in [3.63, 3.8) is 0 Å². The molecule has 2 amide bonds. The van der Waals surface area contributed by atoms with Gasteiger partial charge in [-0.25, -0.2) is 0 Å². The van der Waals surface area contributed by atoms with Crippen molar-refractivity contribution in [2.45, 2.75) is 45.1 Å². The van der Waals surface area contributed by atoms with Crippen LogP contribution < -0.4 is 0 Å². The highest BCUT2D eigenvalue weighted by molar-refractivity contribution is 6.01. The molecule has 0 radical (unpaired) electrons. The van der Waals surface area contributed by atoms with Gasteiger partial charge >= 0.3 is 0 Å². The third kappa shape index (κ3) is 3.07. The minimum atomic E-state index is -0.00747. The van der Waals surface area contributed by atoms with Crippen molar-refractivity contribution >= 4 is 11.8 Å². The lowest BCUT2D eigenvalue weighted by molar-refractivity contribution is -0.138. The molecular formula is C18H24N2O2. The minimum Gasteiger partial charge on any atom is -0.298 e.